The van der Waals surface area contributed by atoms with Crippen LogP contribution in [-0.2, 0) is 10.0 Å². The van der Waals surface area contributed by atoms with Crippen molar-refractivity contribution >= 4 is 39.1 Å². The van der Waals surface area contributed by atoms with Crippen LogP contribution in [0.2, 0.25) is 0 Å². The van der Waals surface area contributed by atoms with Crippen molar-refractivity contribution in [2.75, 3.05) is 18.6 Å². The number of nitrogens with zero attached hydrogens (tertiary/aromatic N) is 1. The predicted octanol–water partition coefficient (Wildman–Crippen LogP) is 1.88. The highest BCUT2D eigenvalue weighted by Crippen LogP contribution is 2.31. The zero-order valence-corrected chi connectivity index (χ0v) is 13.1. The summed E-state index contributed by atoms with van der Waals surface area (Å²) in [6, 6.07) is 1.26. The molecule has 8 heteroatoms. The molecule has 1 unspecified atom stereocenters. The Kier molecular flexibility index (Phi) is 4.24. The van der Waals surface area contributed by atoms with Gasteiger partial charge in [0.1, 0.15) is 4.88 Å². The van der Waals surface area contributed by atoms with Crippen LogP contribution >= 0.6 is 23.1 Å². The van der Waals surface area contributed by atoms with E-state index in [4.69, 9.17) is 5.11 Å². The van der Waals surface area contributed by atoms with Crippen LogP contribution in [0.25, 0.3) is 0 Å². The van der Waals surface area contributed by atoms with Crippen LogP contribution in [0.15, 0.2) is 11.0 Å². The minimum atomic E-state index is -3.60. The van der Waals surface area contributed by atoms with E-state index in [0.717, 1.165) is 29.3 Å². The van der Waals surface area contributed by atoms with Crippen LogP contribution in [0.1, 0.15) is 21.0 Å². The molecule has 0 saturated carbocycles. The van der Waals surface area contributed by atoms with Crippen LogP contribution in [0.5, 0.6) is 0 Å². The second-order valence-corrected chi connectivity index (χ2v) is 8.75. The van der Waals surface area contributed by atoms with Crippen molar-refractivity contribution in [2.24, 2.45) is 0 Å². The summed E-state index contributed by atoms with van der Waals surface area (Å²) in [5, 5.41) is 8.94. The van der Waals surface area contributed by atoms with Gasteiger partial charge in [-0.25, -0.2) is 13.2 Å². The van der Waals surface area contributed by atoms with E-state index in [9.17, 15) is 13.2 Å². The molecule has 0 aliphatic carbocycles. The minimum Gasteiger partial charge on any atom is -0.477 e. The highest BCUT2D eigenvalue weighted by Gasteiger charge is 2.32. The fourth-order valence-corrected chi connectivity index (χ4v) is 6.13. The van der Waals surface area contributed by atoms with Gasteiger partial charge in [-0.05, 0) is 25.2 Å². The maximum absolute atomic E-state index is 12.5. The third kappa shape index (κ3) is 2.81. The first-order chi connectivity index (χ1) is 8.84. The van der Waals surface area contributed by atoms with E-state index < -0.39 is 16.0 Å². The Bertz CT molecular complexity index is 587. The Morgan fingerprint density at radius 3 is 2.68 bits per heavy atom. The van der Waals surface area contributed by atoms with Crippen molar-refractivity contribution in [3.63, 3.8) is 0 Å². The number of hydrogen-bond donors (Lipinski definition) is 1. The van der Waals surface area contributed by atoms with E-state index in [1.54, 1.807) is 25.7 Å². The summed E-state index contributed by atoms with van der Waals surface area (Å²) in [6.07, 6.45) is 0.843. The average molecular weight is 321 g/mol. The van der Waals surface area contributed by atoms with Gasteiger partial charge >= 0.3 is 5.97 Å². The van der Waals surface area contributed by atoms with Gasteiger partial charge in [0.2, 0.25) is 10.0 Å². The van der Waals surface area contributed by atoms with Gasteiger partial charge in [-0.2, -0.15) is 16.1 Å². The van der Waals surface area contributed by atoms with Crippen LogP contribution in [0.4, 0.5) is 0 Å². The molecule has 19 heavy (non-hydrogen) atoms. The zero-order valence-electron chi connectivity index (χ0n) is 10.6. The molecule has 0 radical (unpaired) electrons. The van der Waals surface area contributed by atoms with Gasteiger partial charge in [0.05, 0.1) is 4.90 Å². The highest BCUT2D eigenvalue weighted by atomic mass is 32.2. The van der Waals surface area contributed by atoms with Crippen LogP contribution in [0.3, 0.4) is 0 Å². The fraction of sp³-hybridized carbons (Fsp3) is 0.545. The topological polar surface area (TPSA) is 74.7 Å². The van der Waals surface area contributed by atoms with E-state index >= 15 is 0 Å². The van der Waals surface area contributed by atoms with Crippen LogP contribution < -0.4 is 0 Å². The molecule has 0 bridgehead atoms. The molecule has 106 valence electrons. The number of hydrogen-bond acceptors (Lipinski definition) is 5. The van der Waals surface area contributed by atoms with E-state index in [0.29, 0.717) is 4.88 Å². The third-order valence-electron chi connectivity index (χ3n) is 3.16. The van der Waals surface area contributed by atoms with Gasteiger partial charge in [0.25, 0.3) is 0 Å². The second-order valence-electron chi connectivity index (χ2n) is 4.37. The standard InChI is InChI=1S/C11H15NO4S3/c1-7-10(5-9(18-7)11(13)14)19(15,16)12(2)8-3-4-17-6-8/h5,8H,3-4,6H2,1-2H3,(H,13,14). The number of sulfonamides is 1. The average Bonchev–Trinajstić information content (AvgIpc) is 2.96. The number of carbonyl (C=O) groups is 1. The molecule has 0 aromatic carbocycles. The molecule has 1 aliphatic heterocycles. The first-order valence-corrected chi connectivity index (χ1v) is 9.14. The number of carboxylic acid groups (broad SMARTS) is 1. The molecule has 5 nitrogen and oxygen atoms in total. The number of rotatable bonds is 4. The summed E-state index contributed by atoms with van der Waals surface area (Å²) in [6.45, 7) is 1.64. The van der Waals surface area contributed by atoms with Gasteiger partial charge in [-0.1, -0.05) is 0 Å². The van der Waals surface area contributed by atoms with E-state index in [2.05, 4.69) is 0 Å². The van der Waals surface area contributed by atoms with Crippen LogP contribution in [-0.4, -0.2) is 48.4 Å². The lowest BCUT2D eigenvalue weighted by Crippen LogP contribution is -2.37. The normalized spacial score (nSPS) is 20.1. The molecule has 1 saturated heterocycles. The van der Waals surface area contributed by atoms with Gasteiger partial charge < -0.3 is 5.11 Å². The summed E-state index contributed by atoms with van der Waals surface area (Å²) in [5.41, 5.74) is 0. The maximum atomic E-state index is 12.5. The Labute approximate surface area is 120 Å². The molecule has 0 spiro atoms. The second kappa shape index (κ2) is 5.43. The molecule has 2 rings (SSSR count). The molecule has 1 aliphatic rings. The molecule has 0 amide bonds. The molecule has 1 aromatic rings. The van der Waals surface area contributed by atoms with E-state index in [1.807, 2.05) is 0 Å². The largest absolute Gasteiger partial charge is 0.477 e. The monoisotopic (exact) mass is 321 g/mol. The summed E-state index contributed by atoms with van der Waals surface area (Å²) >= 11 is 2.74. The number of thiophene rings is 1. The van der Waals surface area contributed by atoms with E-state index in [-0.39, 0.29) is 15.8 Å². The van der Waals surface area contributed by atoms with Gasteiger partial charge in [0.15, 0.2) is 0 Å². The van der Waals surface area contributed by atoms with Crippen molar-refractivity contribution in [3.8, 4) is 0 Å². The summed E-state index contributed by atoms with van der Waals surface area (Å²) in [5.74, 6) is 0.673. The maximum Gasteiger partial charge on any atom is 0.345 e. The highest BCUT2D eigenvalue weighted by molar-refractivity contribution is 7.99. The molecular weight excluding hydrogens is 306 g/mol. The molecule has 2 heterocycles. The van der Waals surface area contributed by atoms with Gasteiger partial charge in [-0.3, -0.25) is 0 Å². The van der Waals surface area contributed by atoms with Gasteiger partial charge in [0, 0.05) is 23.7 Å². The van der Waals surface area contributed by atoms with Crippen LogP contribution in [0, 0.1) is 6.92 Å². The molecule has 1 atom stereocenters. The summed E-state index contributed by atoms with van der Waals surface area (Å²) < 4.78 is 26.4. The number of thioether (sulfide) groups is 1. The van der Waals surface area contributed by atoms with Crippen molar-refractivity contribution in [1.82, 2.24) is 4.31 Å². The fourth-order valence-electron chi connectivity index (χ4n) is 1.99. The molecular formula is C11H15NO4S3. The lowest BCUT2D eigenvalue weighted by Gasteiger charge is -2.22. The Morgan fingerprint density at radius 1 is 1.53 bits per heavy atom. The molecule has 1 N–H and O–H groups in total. The first-order valence-electron chi connectivity index (χ1n) is 5.73. The number of aromatic carboxylic acids is 1. The van der Waals surface area contributed by atoms with E-state index in [1.165, 1.54) is 10.4 Å². The summed E-state index contributed by atoms with van der Waals surface area (Å²) in [4.78, 5) is 11.6. The van der Waals surface area contributed by atoms with Crippen molar-refractivity contribution in [3.05, 3.63) is 15.8 Å². The van der Waals surface area contributed by atoms with Crippen molar-refractivity contribution in [2.45, 2.75) is 24.3 Å². The smallest absolute Gasteiger partial charge is 0.345 e. The SMILES string of the molecule is Cc1sc(C(=O)O)cc1S(=O)(=O)N(C)C1CCSC1. The quantitative estimate of drug-likeness (QED) is 0.916. The Hall–Kier alpha value is -0.570. The number of aryl methyl sites for hydroxylation is 1. The van der Waals surface area contributed by atoms with Crippen molar-refractivity contribution in [1.29, 1.82) is 0 Å². The first kappa shape index (κ1) is 14.8. The molecule has 1 aromatic heterocycles. The third-order valence-corrected chi connectivity index (χ3v) is 7.51. The van der Waals surface area contributed by atoms with Crippen molar-refractivity contribution < 1.29 is 18.3 Å². The Morgan fingerprint density at radius 2 is 2.21 bits per heavy atom. The lowest BCUT2D eigenvalue weighted by atomic mass is 10.3. The minimum absolute atomic E-state index is 0.00239. The summed E-state index contributed by atoms with van der Waals surface area (Å²) in [7, 11) is -2.03. The number of carboxylic acids is 1. The Balaban J connectivity index is 2.35. The molecule has 1 fully saturated rings. The predicted molar refractivity (Wildman–Crippen MR) is 76.7 cm³/mol. The van der Waals surface area contributed by atoms with Gasteiger partial charge in [-0.15, -0.1) is 11.3 Å². The lowest BCUT2D eigenvalue weighted by molar-refractivity contribution is 0.0702. The zero-order chi connectivity index (χ0) is 14.2.